The Morgan fingerprint density at radius 1 is 1.20 bits per heavy atom. The molecule has 1 aromatic rings. The summed E-state index contributed by atoms with van der Waals surface area (Å²) in [6, 6.07) is 4.52. The average Bonchev–Trinajstić information content (AvgIpc) is 2.41. The van der Waals surface area contributed by atoms with Crippen molar-refractivity contribution in [3.63, 3.8) is 0 Å². The fraction of sp³-hybridized carbons (Fsp3) is 0.357. The van der Waals surface area contributed by atoms with Gasteiger partial charge in [0.15, 0.2) is 5.78 Å². The first-order chi connectivity index (χ1) is 9.43. The third kappa shape index (κ3) is 4.72. The van der Waals surface area contributed by atoms with E-state index in [2.05, 4.69) is 0 Å². The highest BCUT2D eigenvalue weighted by Crippen LogP contribution is 2.14. The van der Waals surface area contributed by atoms with Gasteiger partial charge in [0.25, 0.3) is 0 Å². The molecule has 0 saturated carbocycles. The van der Waals surface area contributed by atoms with Gasteiger partial charge < -0.3 is 21.6 Å². The molecule has 20 heavy (non-hydrogen) atoms. The second kappa shape index (κ2) is 7.28. The van der Waals surface area contributed by atoms with Crippen molar-refractivity contribution in [3.05, 3.63) is 23.8 Å². The quantitative estimate of drug-likeness (QED) is 0.304. The zero-order valence-electron chi connectivity index (χ0n) is 11.4. The average molecular weight is 277 g/mol. The molecule has 0 aliphatic carbocycles. The number of ether oxygens (including phenoxy) is 1. The lowest BCUT2D eigenvalue weighted by Crippen LogP contribution is -2.13. The molecule has 0 bridgehead atoms. The summed E-state index contributed by atoms with van der Waals surface area (Å²) >= 11 is 0. The molecule has 0 aromatic heterocycles. The molecular weight excluding hydrogens is 258 g/mol. The summed E-state index contributed by atoms with van der Waals surface area (Å²) < 4.78 is 5.04. The number of carbonyl (C=O) groups excluding carboxylic acids is 2. The summed E-state index contributed by atoms with van der Waals surface area (Å²) in [7, 11) is 0. The van der Waals surface area contributed by atoms with Gasteiger partial charge in [-0.15, -0.1) is 0 Å². The van der Waals surface area contributed by atoms with Crippen LogP contribution in [0.1, 0.15) is 36.5 Å². The Morgan fingerprint density at radius 2 is 1.80 bits per heavy atom. The monoisotopic (exact) mass is 277 g/mol. The van der Waals surface area contributed by atoms with Gasteiger partial charge in [0.05, 0.1) is 17.9 Å². The van der Waals surface area contributed by atoms with Crippen LogP contribution in [0.4, 0.5) is 11.4 Å². The maximum absolute atomic E-state index is 11.7. The number of hydrogen-bond donors (Lipinski definition) is 3. The van der Waals surface area contributed by atoms with Gasteiger partial charge in [-0.1, -0.05) is 6.92 Å². The van der Waals surface area contributed by atoms with Crippen LogP contribution >= 0.6 is 0 Å². The molecule has 6 heteroatoms. The van der Waals surface area contributed by atoms with Gasteiger partial charge >= 0.3 is 5.97 Å². The predicted molar refractivity (Wildman–Crippen MR) is 77.8 cm³/mol. The Morgan fingerprint density at radius 3 is 2.35 bits per heavy atom. The fourth-order valence-corrected chi connectivity index (χ4v) is 1.64. The number of carbonyl (C=O) groups is 2. The van der Waals surface area contributed by atoms with Crippen molar-refractivity contribution < 1.29 is 14.3 Å². The number of nitrogens with two attached hydrogens (primary N) is 2. The van der Waals surface area contributed by atoms with Crippen LogP contribution in [0, 0.1) is 5.41 Å². The highest BCUT2D eigenvalue weighted by molar-refractivity contribution is 6.38. The summed E-state index contributed by atoms with van der Waals surface area (Å²) in [6.45, 7) is 1.86. The molecule has 0 aliphatic heterocycles. The molecule has 0 amide bonds. The van der Waals surface area contributed by atoms with E-state index in [1.54, 1.807) is 13.0 Å². The lowest BCUT2D eigenvalue weighted by atomic mass is 10.1. The lowest BCUT2D eigenvalue weighted by Gasteiger charge is -2.06. The maximum atomic E-state index is 11.7. The van der Waals surface area contributed by atoms with Crippen molar-refractivity contribution in [3.8, 4) is 0 Å². The number of anilines is 2. The third-order valence-electron chi connectivity index (χ3n) is 2.68. The normalized spacial score (nSPS) is 10.1. The van der Waals surface area contributed by atoms with Crippen LogP contribution in [0.15, 0.2) is 18.2 Å². The van der Waals surface area contributed by atoms with Gasteiger partial charge in [-0.25, -0.2) is 4.79 Å². The largest absolute Gasteiger partial charge is 0.462 e. The lowest BCUT2D eigenvalue weighted by molar-refractivity contribution is -0.112. The van der Waals surface area contributed by atoms with E-state index >= 15 is 0 Å². The van der Waals surface area contributed by atoms with Crippen molar-refractivity contribution in [2.75, 3.05) is 18.1 Å². The Kier molecular flexibility index (Phi) is 5.71. The molecule has 108 valence electrons. The van der Waals surface area contributed by atoms with Crippen LogP contribution in [0.3, 0.4) is 0 Å². The van der Waals surface area contributed by atoms with Crippen LogP contribution in [-0.4, -0.2) is 24.1 Å². The Labute approximate surface area is 117 Å². The Bertz CT molecular complexity index is 506. The SMILES string of the molecule is CCC(=O)C(=N)CCCOC(=O)c1cc(N)cc(N)c1. The molecule has 0 unspecified atom stereocenters. The van der Waals surface area contributed by atoms with E-state index in [1.165, 1.54) is 12.1 Å². The van der Waals surface area contributed by atoms with Crippen LogP contribution in [-0.2, 0) is 9.53 Å². The van der Waals surface area contributed by atoms with Gasteiger partial charge in [-0.3, -0.25) is 4.79 Å². The number of hydrogen-bond acceptors (Lipinski definition) is 6. The van der Waals surface area contributed by atoms with Gasteiger partial charge in [0.1, 0.15) is 0 Å². The number of nitrogens with one attached hydrogen (secondary N) is 1. The van der Waals surface area contributed by atoms with Gasteiger partial charge in [-0.05, 0) is 31.0 Å². The zero-order valence-corrected chi connectivity index (χ0v) is 11.4. The first kappa shape index (κ1) is 15.7. The highest BCUT2D eigenvalue weighted by Gasteiger charge is 2.10. The minimum atomic E-state index is -0.516. The van der Waals surface area contributed by atoms with E-state index < -0.39 is 5.97 Å². The number of Topliss-reactive ketones (excluding diaryl/α,β-unsaturated/α-hetero) is 1. The van der Waals surface area contributed by atoms with Crippen molar-refractivity contribution in [2.45, 2.75) is 26.2 Å². The molecule has 0 aliphatic rings. The van der Waals surface area contributed by atoms with Crippen LogP contribution in [0.2, 0.25) is 0 Å². The minimum Gasteiger partial charge on any atom is -0.462 e. The highest BCUT2D eigenvalue weighted by atomic mass is 16.5. The summed E-state index contributed by atoms with van der Waals surface area (Å²) in [5.74, 6) is -0.697. The van der Waals surface area contributed by atoms with Crippen LogP contribution in [0.25, 0.3) is 0 Å². The molecule has 0 saturated heterocycles. The number of rotatable bonds is 7. The molecule has 5 N–H and O–H groups in total. The summed E-state index contributed by atoms with van der Waals surface area (Å²) in [6.07, 6.45) is 1.06. The number of benzene rings is 1. The van der Waals surface area contributed by atoms with E-state index in [-0.39, 0.29) is 18.1 Å². The maximum Gasteiger partial charge on any atom is 0.338 e. The standard InChI is InChI=1S/C14H19N3O3/c1-2-13(18)12(17)4-3-5-20-14(19)9-6-10(15)8-11(16)7-9/h6-8,17H,2-5,15-16H2,1H3. The van der Waals surface area contributed by atoms with E-state index in [9.17, 15) is 9.59 Å². The molecule has 0 atom stereocenters. The smallest absolute Gasteiger partial charge is 0.338 e. The molecular formula is C14H19N3O3. The second-order valence-corrected chi connectivity index (χ2v) is 4.38. The van der Waals surface area contributed by atoms with Gasteiger partial charge in [-0.2, -0.15) is 0 Å². The number of esters is 1. The molecule has 0 heterocycles. The fourth-order valence-electron chi connectivity index (χ4n) is 1.64. The van der Waals surface area contributed by atoms with Crippen molar-refractivity contribution in [2.24, 2.45) is 0 Å². The molecule has 1 aromatic carbocycles. The van der Waals surface area contributed by atoms with Crippen molar-refractivity contribution >= 4 is 28.8 Å². The van der Waals surface area contributed by atoms with Crippen molar-refractivity contribution in [1.29, 1.82) is 5.41 Å². The second-order valence-electron chi connectivity index (χ2n) is 4.38. The molecule has 0 fully saturated rings. The summed E-state index contributed by atoms with van der Waals surface area (Å²) in [4.78, 5) is 22.9. The van der Waals surface area contributed by atoms with E-state index in [4.69, 9.17) is 21.6 Å². The molecule has 0 radical (unpaired) electrons. The summed E-state index contributed by atoms with van der Waals surface area (Å²) in [5.41, 5.74) is 12.3. The minimum absolute atomic E-state index is 0.0664. The van der Waals surface area contributed by atoms with Gasteiger partial charge in [0.2, 0.25) is 0 Å². The number of ketones is 1. The van der Waals surface area contributed by atoms with E-state index in [1.807, 2.05) is 0 Å². The van der Waals surface area contributed by atoms with Crippen LogP contribution < -0.4 is 11.5 Å². The Hall–Kier alpha value is -2.37. The Balaban J connectivity index is 2.40. The molecule has 1 rings (SSSR count). The topological polar surface area (TPSA) is 119 Å². The van der Waals surface area contributed by atoms with Crippen molar-refractivity contribution in [1.82, 2.24) is 0 Å². The number of nitrogen functional groups attached to an aromatic ring is 2. The zero-order chi connectivity index (χ0) is 15.1. The van der Waals surface area contributed by atoms with Gasteiger partial charge in [0, 0.05) is 17.8 Å². The van der Waals surface area contributed by atoms with Crippen LogP contribution in [0.5, 0.6) is 0 Å². The third-order valence-corrected chi connectivity index (χ3v) is 2.68. The van der Waals surface area contributed by atoms with E-state index in [0.717, 1.165) is 0 Å². The van der Waals surface area contributed by atoms with E-state index in [0.29, 0.717) is 36.2 Å². The molecule has 6 nitrogen and oxygen atoms in total. The molecule has 0 spiro atoms. The summed E-state index contributed by atoms with van der Waals surface area (Å²) in [5, 5.41) is 7.48. The first-order valence-electron chi connectivity index (χ1n) is 6.37. The predicted octanol–water partition coefficient (Wildman–Crippen LogP) is 1.79. The first-order valence-corrected chi connectivity index (χ1v) is 6.37.